The van der Waals surface area contributed by atoms with Crippen molar-refractivity contribution in [3.8, 4) is 0 Å². The van der Waals surface area contributed by atoms with Crippen molar-refractivity contribution in [1.29, 1.82) is 0 Å². The van der Waals surface area contributed by atoms with Gasteiger partial charge in [0.2, 0.25) is 21.8 Å². The van der Waals surface area contributed by atoms with E-state index in [4.69, 9.17) is 11.6 Å². The molecule has 34 heavy (non-hydrogen) atoms. The molecule has 0 saturated heterocycles. The van der Waals surface area contributed by atoms with Crippen LogP contribution in [0.2, 0.25) is 5.02 Å². The number of carbonyl (C=O) groups excluding carboxylic acids is 2. The zero-order valence-corrected chi connectivity index (χ0v) is 23.4. The SMILES string of the molecule is Cc1ccc(Cl)cc1N(CC(=O)N(Cc1ccc(Br)cc1)[C@@H](C)C(=O)NC(C)(C)C)S(C)(=O)=O. The summed E-state index contributed by atoms with van der Waals surface area (Å²) >= 11 is 9.50. The lowest BCUT2D eigenvalue weighted by Crippen LogP contribution is -2.54. The number of sulfonamides is 1. The van der Waals surface area contributed by atoms with Gasteiger partial charge in [0.15, 0.2) is 0 Å². The van der Waals surface area contributed by atoms with Crippen LogP contribution in [-0.4, -0.2) is 49.5 Å². The zero-order chi connectivity index (χ0) is 25.8. The van der Waals surface area contributed by atoms with E-state index in [0.29, 0.717) is 16.3 Å². The third-order valence-electron chi connectivity index (χ3n) is 5.05. The molecule has 2 aromatic rings. The molecular weight excluding hydrogens is 542 g/mol. The van der Waals surface area contributed by atoms with Crippen LogP contribution >= 0.6 is 27.5 Å². The highest BCUT2D eigenvalue weighted by atomic mass is 79.9. The average Bonchev–Trinajstić information content (AvgIpc) is 2.70. The van der Waals surface area contributed by atoms with Gasteiger partial charge >= 0.3 is 0 Å². The molecule has 0 aliphatic heterocycles. The van der Waals surface area contributed by atoms with Crippen molar-refractivity contribution in [1.82, 2.24) is 10.2 Å². The molecule has 2 aromatic carbocycles. The van der Waals surface area contributed by atoms with E-state index >= 15 is 0 Å². The maximum absolute atomic E-state index is 13.6. The van der Waals surface area contributed by atoms with Gasteiger partial charge in [0, 0.05) is 21.6 Å². The second-order valence-corrected chi connectivity index (χ2v) is 12.5. The molecule has 0 saturated carbocycles. The maximum atomic E-state index is 13.6. The van der Waals surface area contributed by atoms with Gasteiger partial charge in [0.1, 0.15) is 12.6 Å². The zero-order valence-electron chi connectivity index (χ0n) is 20.2. The Morgan fingerprint density at radius 1 is 1.12 bits per heavy atom. The van der Waals surface area contributed by atoms with E-state index in [1.165, 1.54) is 11.0 Å². The van der Waals surface area contributed by atoms with Crippen molar-refractivity contribution < 1.29 is 18.0 Å². The van der Waals surface area contributed by atoms with Crippen LogP contribution in [0.15, 0.2) is 46.9 Å². The van der Waals surface area contributed by atoms with E-state index in [0.717, 1.165) is 20.6 Å². The van der Waals surface area contributed by atoms with E-state index in [1.54, 1.807) is 26.0 Å². The van der Waals surface area contributed by atoms with Crippen molar-refractivity contribution in [3.05, 3.63) is 63.1 Å². The minimum absolute atomic E-state index is 0.136. The number of halogens is 2. The third kappa shape index (κ3) is 7.99. The molecule has 0 bridgehead atoms. The van der Waals surface area contributed by atoms with Crippen molar-refractivity contribution in [3.63, 3.8) is 0 Å². The van der Waals surface area contributed by atoms with Gasteiger partial charge in [-0.05, 0) is 70.0 Å². The smallest absolute Gasteiger partial charge is 0.244 e. The summed E-state index contributed by atoms with van der Waals surface area (Å²) in [6.07, 6.45) is 1.04. The van der Waals surface area contributed by atoms with Gasteiger partial charge in [-0.1, -0.05) is 45.7 Å². The summed E-state index contributed by atoms with van der Waals surface area (Å²) in [6, 6.07) is 11.4. The first-order chi connectivity index (χ1) is 15.6. The number of benzene rings is 2. The fourth-order valence-electron chi connectivity index (χ4n) is 3.29. The summed E-state index contributed by atoms with van der Waals surface area (Å²) in [5.41, 5.74) is 1.28. The summed E-state index contributed by atoms with van der Waals surface area (Å²) in [6.45, 7) is 8.60. The number of nitrogens with one attached hydrogen (secondary N) is 1. The predicted octanol–water partition coefficient (Wildman–Crippen LogP) is 4.51. The fraction of sp³-hybridized carbons (Fsp3) is 0.417. The van der Waals surface area contributed by atoms with Crippen molar-refractivity contribution >= 4 is 55.1 Å². The highest BCUT2D eigenvalue weighted by Crippen LogP contribution is 2.27. The van der Waals surface area contributed by atoms with Crippen LogP contribution in [0.5, 0.6) is 0 Å². The Morgan fingerprint density at radius 2 is 1.71 bits per heavy atom. The summed E-state index contributed by atoms with van der Waals surface area (Å²) < 4.78 is 27.2. The second kappa shape index (κ2) is 11.1. The lowest BCUT2D eigenvalue weighted by atomic mass is 10.1. The van der Waals surface area contributed by atoms with Gasteiger partial charge in [-0.3, -0.25) is 13.9 Å². The summed E-state index contributed by atoms with van der Waals surface area (Å²) in [4.78, 5) is 27.9. The predicted molar refractivity (Wildman–Crippen MR) is 140 cm³/mol. The molecule has 7 nitrogen and oxygen atoms in total. The molecule has 1 N–H and O–H groups in total. The van der Waals surface area contributed by atoms with Gasteiger partial charge in [0.25, 0.3) is 0 Å². The van der Waals surface area contributed by atoms with Gasteiger partial charge < -0.3 is 10.2 Å². The molecular formula is C24H31BrClN3O4S. The maximum Gasteiger partial charge on any atom is 0.244 e. The number of aryl methyl sites for hydroxylation is 1. The van der Waals surface area contributed by atoms with Crippen molar-refractivity contribution in [2.45, 2.75) is 52.7 Å². The number of hydrogen-bond acceptors (Lipinski definition) is 4. The molecule has 0 aromatic heterocycles. The number of anilines is 1. The Morgan fingerprint density at radius 3 is 2.24 bits per heavy atom. The molecule has 0 unspecified atom stereocenters. The largest absolute Gasteiger partial charge is 0.350 e. The highest BCUT2D eigenvalue weighted by molar-refractivity contribution is 9.10. The van der Waals surface area contributed by atoms with E-state index in [2.05, 4.69) is 21.2 Å². The van der Waals surface area contributed by atoms with Crippen molar-refractivity contribution in [2.24, 2.45) is 0 Å². The van der Waals surface area contributed by atoms with Crippen LogP contribution < -0.4 is 9.62 Å². The fourth-order valence-corrected chi connectivity index (χ4v) is 4.62. The first-order valence-electron chi connectivity index (χ1n) is 10.7. The number of hydrogen-bond donors (Lipinski definition) is 1. The van der Waals surface area contributed by atoms with E-state index in [-0.39, 0.29) is 12.5 Å². The Kier molecular flexibility index (Phi) is 9.18. The van der Waals surface area contributed by atoms with E-state index in [1.807, 2.05) is 45.0 Å². The first-order valence-corrected chi connectivity index (χ1v) is 13.7. The average molecular weight is 573 g/mol. The standard InChI is InChI=1S/C24H31BrClN3O4S/c1-16-7-12-20(26)13-21(16)29(34(6,32)33)15-22(30)28(14-18-8-10-19(25)11-9-18)17(2)23(31)27-24(3,4)5/h7-13,17H,14-15H2,1-6H3,(H,27,31)/t17-/m0/s1. The Balaban J connectivity index is 2.44. The molecule has 0 fully saturated rings. The quantitative estimate of drug-likeness (QED) is 0.504. The Bertz CT molecular complexity index is 1150. The first kappa shape index (κ1) is 28.1. The van der Waals surface area contributed by atoms with Gasteiger partial charge in [0.05, 0.1) is 11.9 Å². The Labute approximate surface area is 215 Å². The number of rotatable bonds is 8. The molecule has 0 radical (unpaired) electrons. The van der Waals surface area contributed by atoms with Crippen LogP contribution in [0.3, 0.4) is 0 Å². The summed E-state index contributed by atoms with van der Waals surface area (Å²) in [5, 5.41) is 3.24. The minimum atomic E-state index is -3.82. The molecule has 10 heteroatoms. The third-order valence-corrected chi connectivity index (χ3v) is 6.94. The molecule has 0 heterocycles. The van der Waals surface area contributed by atoms with Gasteiger partial charge in [-0.2, -0.15) is 0 Å². The molecule has 186 valence electrons. The molecule has 0 aliphatic carbocycles. The molecule has 2 rings (SSSR count). The lowest BCUT2D eigenvalue weighted by molar-refractivity contribution is -0.140. The number of nitrogens with zero attached hydrogens (tertiary/aromatic N) is 2. The highest BCUT2D eigenvalue weighted by Gasteiger charge is 2.31. The van der Waals surface area contributed by atoms with Gasteiger partial charge in [-0.15, -0.1) is 0 Å². The van der Waals surface area contributed by atoms with Gasteiger partial charge in [-0.25, -0.2) is 8.42 Å². The topological polar surface area (TPSA) is 86.8 Å². The lowest BCUT2D eigenvalue weighted by Gasteiger charge is -2.33. The second-order valence-electron chi connectivity index (χ2n) is 9.26. The molecule has 0 spiro atoms. The monoisotopic (exact) mass is 571 g/mol. The van der Waals surface area contributed by atoms with Crippen LogP contribution in [-0.2, 0) is 26.2 Å². The minimum Gasteiger partial charge on any atom is -0.350 e. The summed E-state index contributed by atoms with van der Waals surface area (Å²) in [7, 11) is -3.82. The van der Waals surface area contributed by atoms with Crippen molar-refractivity contribution in [2.75, 3.05) is 17.1 Å². The van der Waals surface area contributed by atoms with Crippen LogP contribution in [0.4, 0.5) is 5.69 Å². The molecule has 0 aliphatic rings. The molecule has 2 amide bonds. The normalized spacial score (nSPS) is 12.7. The Hall–Kier alpha value is -2.10. The van der Waals surface area contributed by atoms with Crippen LogP contribution in [0.25, 0.3) is 0 Å². The van der Waals surface area contributed by atoms with E-state index < -0.39 is 34.1 Å². The molecule has 1 atom stereocenters. The van der Waals surface area contributed by atoms with Crippen LogP contribution in [0, 0.1) is 6.92 Å². The summed E-state index contributed by atoms with van der Waals surface area (Å²) in [5.74, 6) is -0.841. The van der Waals surface area contributed by atoms with Crippen LogP contribution in [0.1, 0.15) is 38.8 Å². The number of amides is 2. The number of carbonyl (C=O) groups is 2. The van der Waals surface area contributed by atoms with E-state index in [9.17, 15) is 18.0 Å².